The highest BCUT2D eigenvalue weighted by Crippen LogP contribution is 2.24. The summed E-state index contributed by atoms with van der Waals surface area (Å²) in [4.78, 5) is 13.5. The molecule has 16 heavy (non-hydrogen) atoms. The van der Waals surface area contributed by atoms with Crippen LogP contribution in [0.15, 0.2) is 12.7 Å². The van der Waals surface area contributed by atoms with Gasteiger partial charge in [0, 0.05) is 18.6 Å². The van der Waals surface area contributed by atoms with Gasteiger partial charge in [-0.15, -0.1) is 6.58 Å². The van der Waals surface area contributed by atoms with Gasteiger partial charge in [-0.25, -0.2) is 4.79 Å². The molecule has 0 radical (unpaired) electrons. The number of amides is 1. The SMILES string of the molecule is C=CC[C@]1(N)CCN(C(=O)OC(C)(C)C)C1. The van der Waals surface area contributed by atoms with Crippen LogP contribution < -0.4 is 5.73 Å². The van der Waals surface area contributed by atoms with E-state index in [9.17, 15) is 4.79 Å². The van der Waals surface area contributed by atoms with Gasteiger partial charge in [0.2, 0.25) is 0 Å². The molecule has 0 aromatic rings. The molecule has 0 unspecified atom stereocenters. The number of nitrogens with two attached hydrogens (primary N) is 1. The molecule has 1 amide bonds. The Morgan fingerprint density at radius 2 is 2.25 bits per heavy atom. The van der Waals surface area contributed by atoms with Crippen molar-refractivity contribution in [3.05, 3.63) is 12.7 Å². The van der Waals surface area contributed by atoms with Gasteiger partial charge < -0.3 is 15.4 Å². The zero-order chi connectivity index (χ0) is 12.4. The van der Waals surface area contributed by atoms with Crippen molar-refractivity contribution in [3.63, 3.8) is 0 Å². The summed E-state index contributed by atoms with van der Waals surface area (Å²) >= 11 is 0. The Balaban J connectivity index is 2.53. The van der Waals surface area contributed by atoms with Crippen molar-refractivity contribution in [2.75, 3.05) is 13.1 Å². The number of hydrogen-bond acceptors (Lipinski definition) is 3. The van der Waals surface area contributed by atoms with Crippen LogP contribution >= 0.6 is 0 Å². The maximum atomic E-state index is 11.8. The van der Waals surface area contributed by atoms with Crippen molar-refractivity contribution in [2.24, 2.45) is 5.73 Å². The molecule has 2 N–H and O–H groups in total. The third-order valence-corrected chi connectivity index (χ3v) is 2.59. The van der Waals surface area contributed by atoms with E-state index in [-0.39, 0.29) is 11.6 Å². The van der Waals surface area contributed by atoms with Gasteiger partial charge in [0.15, 0.2) is 0 Å². The molecule has 0 aliphatic carbocycles. The van der Waals surface area contributed by atoms with Crippen molar-refractivity contribution in [1.29, 1.82) is 0 Å². The van der Waals surface area contributed by atoms with Crippen LogP contribution in [0.25, 0.3) is 0 Å². The quantitative estimate of drug-likeness (QED) is 0.732. The van der Waals surface area contributed by atoms with E-state index in [4.69, 9.17) is 10.5 Å². The Hall–Kier alpha value is -1.03. The summed E-state index contributed by atoms with van der Waals surface area (Å²) in [6.45, 7) is 10.5. The zero-order valence-corrected chi connectivity index (χ0v) is 10.5. The molecule has 0 saturated carbocycles. The summed E-state index contributed by atoms with van der Waals surface area (Å²) in [6.07, 6.45) is 3.06. The standard InChI is InChI=1S/C12H22N2O2/c1-5-6-12(13)7-8-14(9-12)10(15)16-11(2,3)4/h5H,1,6-9,13H2,2-4H3/t12-/m0/s1. The molecule has 4 heteroatoms. The molecular weight excluding hydrogens is 204 g/mol. The van der Waals surface area contributed by atoms with E-state index in [0.717, 1.165) is 12.8 Å². The third kappa shape index (κ3) is 3.52. The summed E-state index contributed by atoms with van der Waals surface area (Å²) in [7, 11) is 0. The third-order valence-electron chi connectivity index (χ3n) is 2.59. The van der Waals surface area contributed by atoms with Crippen LogP contribution in [0.3, 0.4) is 0 Å². The monoisotopic (exact) mass is 226 g/mol. The zero-order valence-electron chi connectivity index (χ0n) is 10.5. The predicted octanol–water partition coefficient (Wildman–Crippen LogP) is 1.90. The van der Waals surface area contributed by atoms with Gasteiger partial charge in [0.25, 0.3) is 0 Å². The minimum Gasteiger partial charge on any atom is -0.444 e. The molecule has 1 heterocycles. The Morgan fingerprint density at radius 3 is 2.75 bits per heavy atom. The second kappa shape index (κ2) is 4.45. The number of rotatable bonds is 2. The molecule has 0 aromatic carbocycles. The van der Waals surface area contributed by atoms with Gasteiger partial charge in [-0.05, 0) is 33.6 Å². The Bertz CT molecular complexity index is 283. The molecule has 0 aromatic heterocycles. The minimum absolute atomic E-state index is 0.274. The maximum Gasteiger partial charge on any atom is 0.410 e. The van der Waals surface area contributed by atoms with Crippen LogP contribution in [0, 0.1) is 0 Å². The van der Waals surface area contributed by atoms with Crippen molar-refractivity contribution in [1.82, 2.24) is 4.90 Å². The number of carbonyl (C=O) groups is 1. The first-order valence-corrected chi connectivity index (χ1v) is 5.63. The van der Waals surface area contributed by atoms with Crippen LogP contribution in [0.1, 0.15) is 33.6 Å². The van der Waals surface area contributed by atoms with Crippen molar-refractivity contribution >= 4 is 6.09 Å². The van der Waals surface area contributed by atoms with Crippen LogP contribution in [0.2, 0.25) is 0 Å². The average molecular weight is 226 g/mol. The van der Waals surface area contributed by atoms with E-state index in [1.807, 2.05) is 20.8 Å². The van der Waals surface area contributed by atoms with E-state index in [1.54, 1.807) is 11.0 Å². The second-order valence-corrected chi connectivity index (χ2v) is 5.51. The Morgan fingerprint density at radius 1 is 1.62 bits per heavy atom. The summed E-state index contributed by atoms with van der Waals surface area (Å²) < 4.78 is 5.30. The Kier molecular flexibility index (Phi) is 3.63. The van der Waals surface area contributed by atoms with E-state index in [1.165, 1.54) is 0 Å². The predicted molar refractivity (Wildman–Crippen MR) is 64.2 cm³/mol. The van der Waals surface area contributed by atoms with E-state index < -0.39 is 5.60 Å². The van der Waals surface area contributed by atoms with Gasteiger partial charge in [-0.1, -0.05) is 6.08 Å². The number of ether oxygens (including phenoxy) is 1. The molecule has 1 saturated heterocycles. The van der Waals surface area contributed by atoms with Gasteiger partial charge >= 0.3 is 6.09 Å². The Labute approximate surface area is 97.4 Å². The molecule has 1 atom stereocenters. The minimum atomic E-state index is -0.449. The first kappa shape index (κ1) is 13.0. The van der Waals surface area contributed by atoms with Crippen LogP contribution in [0.5, 0.6) is 0 Å². The van der Waals surface area contributed by atoms with E-state index in [2.05, 4.69) is 6.58 Å². The molecule has 1 rings (SSSR count). The highest BCUT2D eigenvalue weighted by molar-refractivity contribution is 5.68. The van der Waals surface area contributed by atoms with E-state index in [0.29, 0.717) is 13.1 Å². The lowest BCUT2D eigenvalue weighted by Crippen LogP contribution is -2.44. The fourth-order valence-electron chi connectivity index (χ4n) is 1.83. The highest BCUT2D eigenvalue weighted by atomic mass is 16.6. The lowest BCUT2D eigenvalue weighted by molar-refractivity contribution is 0.0285. The van der Waals surface area contributed by atoms with Crippen molar-refractivity contribution < 1.29 is 9.53 Å². The summed E-state index contributed by atoms with van der Waals surface area (Å²) in [5.74, 6) is 0. The maximum absolute atomic E-state index is 11.8. The number of hydrogen-bond donors (Lipinski definition) is 1. The molecule has 4 nitrogen and oxygen atoms in total. The fourth-order valence-corrected chi connectivity index (χ4v) is 1.83. The molecule has 1 aliphatic rings. The van der Waals surface area contributed by atoms with Crippen molar-refractivity contribution in [2.45, 2.75) is 44.8 Å². The summed E-state index contributed by atoms with van der Waals surface area (Å²) in [5, 5.41) is 0. The molecule has 0 spiro atoms. The smallest absolute Gasteiger partial charge is 0.410 e. The van der Waals surface area contributed by atoms with Crippen molar-refractivity contribution in [3.8, 4) is 0 Å². The normalized spacial score (nSPS) is 25.6. The first-order chi connectivity index (χ1) is 7.26. The van der Waals surface area contributed by atoms with Gasteiger partial charge in [0.05, 0.1) is 0 Å². The lowest BCUT2D eigenvalue weighted by Gasteiger charge is -2.26. The largest absolute Gasteiger partial charge is 0.444 e. The van der Waals surface area contributed by atoms with Crippen LogP contribution in [0.4, 0.5) is 4.79 Å². The number of likely N-dealkylation sites (tertiary alicyclic amines) is 1. The van der Waals surface area contributed by atoms with E-state index >= 15 is 0 Å². The average Bonchev–Trinajstić information content (AvgIpc) is 2.45. The number of nitrogens with zero attached hydrogens (tertiary/aromatic N) is 1. The van der Waals surface area contributed by atoms with Crippen LogP contribution in [-0.4, -0.2) is 35.2 Å². The molecular formula is C12H22N2O2. The summed E-state index contributed by atoms with van der Waals surface area (Å²) in [6, 6.07) is 0. The lowest BCUT2D eigenvalue weighted by atomic mass is 9.96. The van der Waals surface area contributed by atoms with Gasteiger partial charge in [-0.3, -0.25) is 0 Å². The van der Waals surface area contributed by atoms with Gasteiger partial charge in [0.1, 0.15) is 5.60 Å². The van der Waals surface area contributed by atoms with Gasteiger partial charge in [-0.2, -0.15) is 0 Å². The fraction of sp³-hybridized carbons (Fsp3) is 0.750. The number of carbonyl (C=O) groups excluding carboxylic acids is 1. The first-order valence-electron chi connectivity index (χ1n) is 5.63. The molecule has 1 aliphatic heterocycles. The topological polar surface area (TPSA) is 55.6 Å². The molecule has 92 valence electrons. The highest BCUT2D eigenvalue weighted by Gasteiger charge is 2.37. The molecule has 1 fully saturated rings. The molecule has 0 bridgehead atoms. The van der Waals surface area contributed by atoms with Crippen LogP contribution in [-0.2, 0) is 4.74 Å². The second-order valence-electron chi connectivity index (χ2n) is 5.51. The summed E-state index contributed by atoms with van der Waals surface area (Å²) in [5.41, 5.74) is 5.37.